The quantitative estimate of drug-likeness (QED) is 0.554. The summed E-state index contributed by atoms with van der Waals surface area (Å²) in [4.78, 5) is 18.7. The van der Waals surface area contributed by atoms with Crippen molar-refractivity contribution in [1.82, 2.24) is 10.3 Å². The van der Waals surface area contributed by atoms with Gasteiger partial charge in [-0.05, 0) is 69.4 Å². The van der Waals surface area contributed by atoms with E-state index in [0.29, 0.717) is 34.9 Å². The van der Waals surface area contributed by atoms with Crippen molar-refractivity contribution in [3.63, 3.8) is 0 Å². The second kappa shape index (κ2) is 9.01. The van der Waals surface area contributed by atoms with Gasteiger partial charge in [0.25, 0.3) is 0 Å². The number of nitrogens with one attached hydrogen (secondary N) is 1. The molecule has 0 spiro atoms. The number of hydrogen-bond donors (Lipinski definition) is 2. The summed E-state index contributed by atoms with van der Waals surface area (Å²) < 4.78 is 6.08. The number of aryl methyl sites for hydroxylation is 3. The van der Waals surface area contributed by atoms with Gasteiger partial charge in [0, 0.05) is 23.3 Å². The maximum Gasteiger partial charge on any atom is 0.343 e. The fraction of sp³-hybridized carbons (Fsp3) is 0.455. The third-order valence-corrected chi connectivity index (χ3v) is 5.13. The third kappa shape index (κ3) is 5.19. The number of aromatic carboxylic acids is 1. The molecule has 0 radical (unpaired) electrons. The Kier molecular flexibility index (Phi) is 6.65. The van der Waals surface area contributed by atoms with Gasteiger partial charge in [0.15, 0.2) is 0 Å². The van der Waals surface area contributed by atoms with Gasteiger partial charge in [-0.2, -0.15) is 0 Å². The molecule has 0 saturated heterocycles. The number of nitrogens with zero attached hydrogens (tertiary/aromatic N) is 2. The first-order valence-electron chi connectivity index (χ1n) is 9.98. The SMILES string of the molecule is CCCN(CNC1CC1)c1cc(C)nc(Oc2c(C)cc(Cl)cc2C)c1C(=O)O. The molecular weight excluding hydrogens is 390 g/mol. The summed E-state index contributed by atoms with van der Waals surface area (Å²) in [6.07, 6.45) is 3.24. The predicted octanol–water partition coefficient (Wildman–Crippen LogP) is 5.08. The second-order valence-electron chi connectivity index (χ2n) is 7.64. The number of hydrogen-bond acceptors (Lipinski definition) is 5. The number of rotatable bonds is 9. The minimum atomic E-state index is -1.06. The molecule has 1 fully saturated rings. The standard InChI is InChI=1S/C22H28ClN3O3/c1-5-8-26(12-24-17-6-7-17)18-11-15(4)25-21(19(18)22(27)28)29-20-13(2)9-16(23)10-14(20)3/h9-11,17,24H,5-8,12H2,1-4H3,(H,27,28). The zero-order chi connectivity index (χ0) is 21.1. The van der Waals surface area contributed by atoms with Crippen molar-refractivity contribution in [2.75, 3.05) is 18.1 Å². The van der Waals surface area contributed by atoms with Crippen LogP contribution in [0.25, 0.3) is 0 Å². The fourth-order valence-electron chi connectivity index (χ4n) is 3.39. The maximum atomic E-state index is 12.2. The number of pyridine rings is 1. The van der Waals surface area contributed by atoms with E-state index in [1.165, 1.54) is 12.8 Å². The van der Waals surface area contributed by atoms with Gasteiger partial charge in [-0.25, -0.2) is 9.78 Å². The molecule has 1 saturated carbocycles. The van der Waals surface area contributed by atoms with Crippen molar-refractivity contribution < 1.29 is 14.6 Å². The van der Waals surface area contributed by atoms with E-state index in [4.69, 9.17) is 16.3 Å². The molecule has 0 aliphatic heterocycles. The van der Waals surface area contributed by atoms with E-state index in [9.17, 15) is 9.90 Å². The van der Waals surface area contributed by atoms with Gasteiger partial charge in [-0.3, -0.25) is 5.32 Å². The molecule has 2 aromatic rings. The summed E-state index contributed by atoms with van der Waals surface area (Å²) in [6.45, 7) is 9.03. The summed E-state index contributed by atoms with van der Waals surface area (Å²) in [5.41, 5.74) is 3.07. The van der Waals surface area contributed by atoms with Crippen molar-refractivity contribution >= 4 is 23.3 Å². The van der Waals surface area contributed by atoms with E-state index in [1.54, 1.807) is 12.1 Å². The van der Waals surface area contributed by atoms with Crippen LogP contribution in [0, 0.1) is 20.8 Å². The first kappa shape index (κ1) is 21.4. The molecule has 1 aromatic heterocycles. The van der Waals surface area contributed by atoms with Gasteiger partial charge in [0.2, 0.25) is 5.88 Å². The Hall–Kier alpha value is -2.31. The molecule has 1 aliphatic carbocycles. The summed E-state index contributed by atoms with van der Waals surface area (Å²) in [6, 6.07) is 5.94. The van der Waals surface area contributed by atoms with Crippen molar-refractivity contribution in [3.8, 4) is 11.6 Å². The number of carbonyl (C=O) groups is 1. The van der Waals surface area contributed by atoms with Gasteiger partial charge >= 0.3 is 5.97 Å². The zero-order valence-corrected chi connectivity index (χ0v) is 18.1. The van der Waals surface area contributed by atoms with Gasteiger partial charge in [-0.15, -0.1) is 0 Å². The van der Waals surface area contributed by atoms with Gasteiger partial charge in [0.1, 0.15) is 11.3 Å². The normalized spacial score (nSPS) is 13.4. The average Bonchev–Trinajstić information content (AvgIpc) is 3.45. The van der Waals surface area contributed by atoms with Crippen LogP contribution < -0.4 is 15.0 Å². The summed E-state index contributed by atoms with van der Waals surface area (Å²) in [5, 5.41) is 14.1. The summed E-state index contributed by atoms with van der Waals surface area (Å²) >= 11 is 6.12. The van der Waals surface area contributed by atoms with Crippen LogP contribution in [0.3, 0.4) is 0 Å². The number of aromatic nitrogens is 1. The number of carboxylic acid groups (broad SMARTS) is 1. The number of anilines is 1. The molecule has 1 heterocycles. The largest absolute Gasteiger partial charge is 0.477 e. The number of halogens is 1. The molecule has 156 valence electrons. The first-order chi connectivity index (χ1) is 13.8. The van der Waals surface area contributed by atoms with Crippen molar-refractivity contribution in [2.45, 2.75) is 53.0 Å². The predicted molar refractivity (Wildman–Crippen MR) is 116 cm³/mol. The molecule has 3 rings (SSSR count). The van der Waals surface area contributed by atoms with Crippen LogP contribution in [0.5, 0.6) is 11.6 Å². The van der Waals surface area contributed by atoms with Crippen LogP contribution in [0.15, 0.2) is 18.2 Å². The summed E-state index contributed by atoms with van der Waals surface area (Å²) in [5.74, 6) is -0.369. The third-order valence-electron chi connectivity index (χ3n) is 4.91. The summed E-state index contributed by atoms with van der Waals surface area (Å²) in [7, 11) is 0. The van der Waals surface area contributed by atoms with Crippen LogP contribution in [0.1, 0.15) is 53.4 Å². The van der Waals surface area contributed by atoms with E-state index in [2.05, 4.69) is 22.1 Å². The lowest BCUT2D eigenvalue weighted by Crippen LogP contribution is -2.37. The van der Waals surface area contributed by atoms with Gasteiger partial charge in [-0.1, -0.05) is 18.5 Å². The van der Waals surface area contributed by atoms with E-state index < -0.39 is 5.97 Å². The monoisotopic (exact) mass is 417 g/mol. The van der Waals surface area contributed by atoms with Crippen molar-refractivity contribution in [3.05, 3.63) is 45.6 Å². The zero-order valence-electron chi connectivity index (χ0n) is 17.4. The molecule has 0 atom stereocenters. The smallest absolute Gasteiger partial charge is 0.343 e. The van der Waals surface area contributed by atoms with E-state index in [0.717, 1.165) is 24.1 Å². The maximum absolute atomic E-state index is 12.2. The van der Waals surface area contributed by atoms with Gasteiger partial charge in [0.05, 0.1) is 12.4 Å². The van der Waals surface area contributed by atoms with Crippen LogP contribution in [-0.2, 0) is 0 Å². The Bertz CT molecular complexity index is 889. The molecular formula is C22H28ClN3O3. The highest BCUT2D eigenvalue weighted by Gasteiger charge is 2.26. The highest BCUT2D eigenvalue weighted by atomic mass is 35.5. The Morgan fingerprint density at radius 1 is 1.28 bits per heavy atom. The molecule has 0 amide bonds. The minimum absolute atomic E-state index is 0.0791. The number of benzene rings is 1. The lowest BCUT2D eigenvalue weighted by Gasteiger charge is -2.27. The van der Waals surface area contributed by atoms with Crippen molar-refractivity contribution in [2.24, 2.45) is 0 Å². The van der Waals surface area contributed by atoms with E-state index in [1.807, 2.05) is 26.8 Å². The van der Waals surface area contributed by atoms with Gasteiger partial charge < -0.3 is 14.7 Å². The minimum Gasteiger partial charge on any atom is -0.477 e. The molecule has 1 aliphatic rings. The van der Waals surface area contributed by atoms with Crippen molar-refractivity contribution in [1.29, 1.82) is 0 Å². The highest BCUT2D eigenvalue weighted by Crippen LogP contribution is 2.36. The Morgan fingerprint density at radius 2 is 1.93 bits per heavy atom. The van der Waals surface area contributed by atoms with E-state index in [-0.39, 0.29) is 11.4 Å². The molecule has 1 aromatic carbocycles. The van der Waals surface area contributed by atoms with Crippen LogP contribution in [0.4, 0.5) is 5.69 Å². The second-order valence-corrected chi connectivity index (χ2v) is 8.08. The molecule has 6 nitrogen and oxygen atoms in total. The lowest BCUT2D eigenvalue weighted by molar-refractivity contribution is 0.0694. The molecule has 29 heavy (non-hydrogen) atoms. The Labute approximate surface area is 176 Å². The first-order valence-corrected chi connectivity index (χ1v) is 10.4. The molecule has 0 bridgehead atoms. The van der Waals surface area contributed by atoms with Crippen LogP contribution >= 0.6 is 11.6 Å². The lowest BCUT2D eigenvalue weighted by atomic mass is 10.1. The van der Waals surface area contributed by atoms with Crippen LogP contribution in [0.2, 0.25) is 5.02 Å². The van der Waals surface area contributed by atoms with E-state index >= 15 is 0 Å². The Morgan fingerprint density at radius 3 is 2.48 bits per heavy atom. The molecule has 7 heteroatoms. The molecule has 2 N–H and O–H groups in total. The highest BCUT2D eigenvalue weighted by molar-refractivity contribution is 6.30. The fourth-order valence-corrected chi connectivity index (χ4v) is 3.72. The number of carboxylic acids is 1. The number of ether oxygens (including phenoxy) is 1. The van der Waals surface area contributed by atoms with Crippen LogP contribution in [-0.4, -0.2) is 35.3 Å². The topological polar surface area (TPSA) is 74.7 Å². The molecule has 0 unspecified atom stereocenters. The average molecular weight is 418 g/mol. The Balaban J connectivity index is 2.04.